The van der Waals surface area contributed by atoms with E-state index in [0.717, 1.165) is 19.3 Å². The van der Waals surface area contributed by atoms with E-state index in [1.165, 1.54) is 0 Å². The Balaban J connectivity index is 2.36. The van der Waals surface area contributed by atoms with E-state index in [0.29, 0.717) is 32.7 Å². The van der Waals surface area contributed by atoms with Gasteiger partial charge in [0.25, 0.3) is 0 Å². The molecule has 1 aliphatic heterocycles. The smallest absolute Gasteiger partial charge is 0.214 e. The summed E-state index contributed by atoms with van der Waals surface area (Å²) >= 11 is 0. The van der Waals surface area contributed by atoms with Crippen LogP contribution in [-0.4, -0.2) is 50.8 Å². The number of nitrogens with two attached hydrogens (primary N) is 1. The van der Waals surface area contributed by atoms with Crippen LogP contribution in [0, 0.1) is 5.41 Å². The van der Waals surface area contributed by atoms with Crippen LogP contribution in [0.1, 0.15) is 46.5 Å². The lowest BCUT2D eigenvalue weighted by Gasteiger charge is -2.32. The van der Waals surface area contributed by atoms with Crippen LogP contribution in [-0.2, 0) is 14.8 Å². The van der Waals surface area contributed by atoms with Crippen molar-refractivity contribution in [3.8, 4) is 0 Å². The van der Waals surface area contributed by atoms with Crippen LogP contribution in [0.5, 0.6) is 0 Å². The van der Waals surface area contributed by atoms with Gasteiger partial charge >= 0.3 is 0 Å². The molecule has 0 saturated carbocycles. The van der Waals surface area contributed by atoms with Gasteiger partial charge in [-0.3, -0.25) is 0 Å². The van der Waals surface area contributed by atoms with Gasteiger partial charge in [0.2, 0.25) is 10.0 Å². The van der Waals surface area contributed by atoms with Crippen LogP contribution < -0.4 is 5.73 Å². The summed E-state index contributed by atoms with van der Waals surface area (Å²) < 4.78 is 31.9. The number of sulfonamides is 1. The third-order valence-electron chi connectivity index (χ3n) is 3.61. The molecule has 2 N–H and O–H groups in total. The highest BCUT2D eigenvalue weighted by molar-refractivity contribution is 7.89. The maximum atomic E-state index is 12.3. The largest absolute Gasteiger partial charge is 0.378 e. The topological polar surface area (TPSA) is 72.6 Å². The minimum atomic E-state index is -3.11. The molecule has 5 nitrogen and oxygen atoms in total. The molecule has 0 bridgehead atoms. The molecular formula is C14H30N2O3S. The van der Waals surface area contributed by atoms with E-state index in [1.807, 2.05) is 0 Å². The second kappa shape index (κ2) is 7.73. The van der Waals surface area contributed by atoms with Gasteiger partial charge in [-0.25, -0.2) is 12.7 Å². The maximum absolute atomic E-state index is 12.3. The second-order valence-electron chi connectivity index (χ2n) is 6.74. The van der Waals surface area contributed by atoms with E-state index < -0.39 is 10.0 Å². The molecule has 0 spiro atoms. The zero-order valence-corrected chi connectivity index (χ0v) is 13.9. The molecule has 1 fully saturated rings. The van der Waals surface area contributed by atoms with Gasteiger partial charge < -0.3 is 10.5 Å². The van der Waals surface area contributed by atoms with E-state index in [2.05, 4.69) is 20.8 Å². The van der Waals surface area contributed by atoms with Crippen LogP contribution in [0.15, 0.2) is 0 Å². The summed E-state index contributed by atoms with van der Waals surface area (Å²) in [7, 11) is -3.11. The highest BCUT2D eigenvalue weighted by Gasteiger charge is 2.29. The number of rotatable bonds is 7. The van der Waals surface area contributed by atoms with Gasteiger partial charge in [-0.1, -0.05) is 20.8 Å². The van der Waals surface area contributed by atoms with Crippen molar-refractivity contribution in [2.45, 2.75) is 52.6 Å². The molecule has 0 aromatic rings. The zero-order valence-electron chi connectivity index (χ0n) is 13.1. The average Bonchev–Trinajstić information content (AvgIpc) is 2.37. The molecule has 20 heavy (non-hydrogen) atoms. The standard InChI is InChI=1S/C14H30N2O3S/c1-14(2,3)7-12-20(17,18)16-9-5-13(6-10-16)19-11-4-8-15/h13H,4-12,15H2,1-3H3. The molecule has 1 saturated heterocycles. The van der Waals surface area contributed by atoms with Crippen molar-refractivity contribution in [1.82, 2.24) is 4.31 Å². The van der Waals surface area contributed by atoms with Gasteiger partial charge in [-0.2, -0.15) is 0 Å². The first-order chi connectivity index (χ1) is 9.24. The van der Waals surface area contributed by atoms with Crippen LogP contribution in [0.3, 0.4) is 0 Å². The van der Waals surface area contributed by atoms with Crippen LogP contribution in [0.4, 0.5) is 0 Å². The Bertz CT molecular complexity index is 368. The molecule has 0 atom stereocenters. The molecule has 0 aromatic carbocycles. The molecule has 1 aliphatic rings. The molecule has 1 rings (SSSR count). The quantitative estimate of drug-likeness (QED) is 0.725. The third-order valence-corrected chi connectivity index (χ3v) is 5.48. The van der Waals surface area contributed by atoms with Crippen molar-refractivity contribution in [1.29, 1.82) is 0 Å². The zero-order chi connectivity index (χ0) is 15.2. The fraction of sp³-hybridized carbons (Fsp3) is 1.00. The Morgan fingerprint density at radius 1 is 1.25 bits per heavy atom. The second-order valence-corrected chi connectivity index (χ2v) is 8.83. The van der Waals surface area contributed by atoms with Gasteiger partial charge in [0, 0.05) is 19.7 Å². The van der Waals surface area contributed by atoms with Gasteiger partial charge in [-0.15, -0.1) is 0 Å². The summed E-state index contributed by atoms with van der Waals surface area (Å²) in [4.78, 5) is 0. The third kappa shape index (κ3) is 6.52. The monoisotopic (exact) mass is 306 g/mol. The minimum absolute atomic E-state index is 0.0523. The fourth-order valence-electron chi connectivity index (χ4n) is 2.17. The first kappa shape index (κ1) is 17.9. The Kier molecular flexibility index (Phi) is 6.91. The van der Waals surface area contributed by atoms with E-state index in [-0.39, 0.29) is 17.3 Å². The molecule has 6 heteroatoms. The normalized spacial score (nSPS) is 19.4. The van der Waals surface area contributed by atoms with E-state index in [4.69, 9.17) is 10.5 Å². The molecule has 0 aromatic heterocycles. The summed E-state index contributed by atoms with van der Waals surface area (Å²) in [6, 6.07) is 0. The van der Waals surface area contributed by atoms with E-state index >= 15 is 0 Å². The fourth-order valence-corrected chi connectivity index (χ4v) is 4.07. The average molecular weight is 306 g/mol. The lowest BCUT2D eigenvalue weighted by molar-refractivity contribution is 0.0208. The molecule has 120 valence electrons. The SMILES string of the molecule is CC(C)(C)CCS(=O)(=O)N1CCC(OCCCN)CC1. The van der Waals surface area contributed by atoms with Gasteiger partial charge in [0.15, 0.2) is 0 Å². The predicted octanol–water partition coefficient (Wildman–Crippen LogP) is 1.58. The number of piperidine rings is 1. The number of hydrogen-bond acceptors (Lipinski definition) is 4. The summed E-state index contributed by atoms with van der Waals surface area (Å²) in [6.45, 7) is 8.69. The van der Waals surface area contributed by atoms with Gasteiger partial charge in [0.1, 0.15) is 0 Å². The van der Waals surface area contributed by atoms with Gasteiger partial charge in [0.05, 0.1) is 11.9 Å². The highest BCUT2D eigenvalue weighted by Crippen LogP contribution is 2.22. The molecule has 0 unspecified atom stereocenters. The molecule has 0 radical (unpaired) electrons. The van der Waals surface area contributed by atoms with Gasteiger partial charge in [-0.05, 0) is 37.6 Å². The van der Waals surface area contributed by atoms with Crippen molar-refractivity contribution < 1.29 is 13.2 Å². The molecule has 0 aliphatic carbocycles. The van der Waals surface area contributed by atoms with Crippen molar-refractivity contribution in [2.24, 2.45) is 11.1 Å². The van der Waals surface area contributed by atoms with E-state index in [9.17, 15) is 8.42 Å². The summed E-state index contributed by atoms with van der Waals surface area (Å²) in [5, 5.41) is 0. The number of hydrogen-bond donors (Lipinski definition) is 1. The molecule has 1 heterocycles. The van der Waals surface area contributed by atoms with E-state index in [1.54, 1.807) is 4.31 Å². The van der Waals surface area contributed by atoms with Crippen molar-refractivity contribution in [2.75, 3.05) is 32.0 Å². The lowest BCUT2D eigenvalue weighted by Crippen LogP contribution is -2.42. The first-order valence-corrected chi connectivity index (χ1v) is 9.15. The summed E-state index contributed by atoms with van der Waals surface area (Å²) in [5.74, 6) is 0.245. The summed E-state index contributed by atoms with van der Waals surface area (Å²) in [5.41, 5.74) is 5.48. The summed E-state index contributed by atoms with van der Waals surface area (Å²) in [6.07, 6.45) is 3.33. The van der Waals surface area contributed by atoms with Crippen LogP contribution in [0.25, 0.3) is 0 Å². The van der Waals surface area contributed by atoms with Crippen molar-refractivity contribution in [3.05, 3.63) is 0 Å². The van der Waals surface area contributed by atoms with Crippen LogP contribution >= 0.6 is 0 Å². The Hall–Kier alpha value is -0.170. The lowest BCUT2D eigenvalue weighted by atomic mass is 9.94. The van der Waals surface area contributed by atoms with Crippen LogP contribution in [0.2, 0.25) is 0 Å². The van der Waals surface area contributed by atoms with Crippen molar-refractivity contribution in [3.63, 3.8) is 0 Å². The Labute approximate surface area is 123 Å². The minimum Gasteiger partial charge on any atom is -0.378 e. The highest BCUT2D eigenvalue weighted by atomic mass is 32.2. The number of nitrogens with zero attached hydrogens (tertiary/aromatic N) is 1. The molecule has 0 amide bonds. The molecular weight excluding hydrogens is 276 g/mol. The Morgan fingerprint density at radius 2 is 1.85 bits per heavy atom. The maximum Gasteiger partial charge on any atom is 0.214 e. The predicted molar refractivity (Wildman–Crippen MR) is 82.1 cm³/mol. The first-order valence-electron chi connectivity index (χ1n) is 7.54. The Morgan fingerprint density at radius 3 is 2.35 bits per heavy atom. The van der Waals surface area contributed by atoms with Crippen molar-refractivity contribution >= 4 is 10.0 Å². The number of ether oxygens (including phenoxy) is 1.